The smallest absolute Gasteiger partial charge is 0.344 e. The van der Waals surface area contributed by atoms with Crippen LogP contribution in [0.15, 0.2) is 65.5 Å². The first kappa shape index (κ1) is 18.1. The van der Waals surface area contributed by atoms with Gasteiger partial charge in [-0.3, -0.25) is 14.9 Å². The number of nitro benzene ring substituents is 1. The number of nitro groups is 1. The van der Waals surface area contributed by atoms with Gasteiger partial charge in [0.2, 0.25) is 0 Å². The predicted octanol–water partition coefficient (Wildman–Crippen LogP) is 3.79. The van der Waals surface area contributed by atoms with Crippen molar-refractivity contribution in [2.45, 2.75) is 6.92 Å². The van der Waals surface area contributed by atoms with E-state index in [1.165, 1.54) is 24.3 Å². The van der Waals surface area contributed by atoms with Crippen LogP contribution in [0.25, 0.3) is 22.4 Å². The molecule has 0 fully saturated rings. The van der Waals surface area contributed by atoms with E-state index in [1.807, 2.05) is 30.3 Å². The minimum atomic E-state index is -0.744. The zero-order chi connectivity index (χ0) is 19.4. The molecule has 2 aromatic carbocycles. The van der Waals surface area contributed by atoms with E-state index >= 15 is 0 Å². The van der Waals surface area contributed by atoms with E-state index in [9.17, 15) is 19.7 Å². The Morgan fingerprint density at radius 1 is 1.07 bits per heavy atom. The number of H-pyrrole nitrogens is 1. The van der Waals surface area contributed by atoms with Gasteiger partial charge in [-0.15, -0.1) is 0 Å². The summed E-state index contributed by atoms with van der Waals surface area (Å²) in [6.45, 7) is 1.77. The van der Waals surface area contributed by atoms with E-state index in [1.54, 1.807) is 13.0 Å². The highest BCUT2D eigenvalue weighted by Gasteiger charge is 2.20. The molecule has 1 aromatic heterocycles. The highest BCUT2D eigenvalue weighted by atomic mass is 16.6. The number of nitrogens with one attached hydrogen (secondary N) is 1. The molecule has 1 heterocycles. The number of ether oxygens (including phenoxy) is 1. The molecule has 7 nitrogen and oxygen atoms in total. The minimum Gasteiger partial charge on any atom is -0.462 e. The summed E-state index contributed by atoms with van der Waals surface area (Å²) in [5.41, 5.74) is 1.37. The standard InChI is InChI=1S/C20H16N2O5/c1-2-27-20(24)18-16(13-8-10-15(11-9-13)22(25)26)12-17(21-19(18)23)14-6-4-3-5-7-14/h3-12H,2H2,1H3,(H,21,23). The summed E-state index contributed by atoms with van der Waals surface area (Å²) in [6.07, 6.45) is 0. The Hall–Kier alpha value is -3.74. The number of rotatable bonds is 5. The molecule has 7 heteroatoms. The number of carbonyl (C=O) groups excluding carboxylic acids is 1. The fourth-order valence-corrected chi connectivity index (χ4v) is 2.73. The fraction of sp³-hybridized carbons (Fsp3) is 0.100. The van der Waals surface area contributed by atoms with Crippen LogP contribution < -0.4 is 5.56 Å². The van der Waals surface area contributed by atoms with E-state index < -0.39 is 16.5 Å². The van der Waals surface area contributed by atoms with Crippen molar-refractivity contribution in [1.82, 2.24) is 4.98 Å². The maximum absolute atomic E-state index is 12.6. The number of benzene rings is 2. The number of aromatic nitrogens is 1. The lowest BCUT2D eigenvalue weighted by Gasteiger charge is -2.11. The van der Waals surface area contributed by atoms with Crippen molar-refractivity contribution in [2.24, 2.45) is 0 Å². The van der Waals surface area contributed by atoms with E-state index in [0.29, 0.717) is 16.8 Å². The number of hydrogen-bond acceptors (Lipinski definition) is 5. The van der Waals surface area contributed by atoms with Crippen molar-refractivity contribution < 1.29 is 14.5 Å². The van der Waals surface area contributed by atoms with Gasteiger partial charge in [-0.05, 0) is 36.2 Å². The van der Waals surface area contributed by atoms with Gasteiger partial charge in [0.1, 0.15) is 5.56 Å². The molecular weight excluding hydrogens is 348 g/mol. The van der Waals surface area contributed by atoms with Crippen molar-refractivity contribution in [3.8, 4) is 22.4 Å². The number of non-ortho nitro benzene ring substituents is 1. The third kappa shape index (κ3) is 3.77. The largest absolute Gasteiger partial charge is 0.462 e. The molecule has 0 bridgehead atoms. The summed E-state index contributed by atoms with van der Waals surface area (Å²) in [5.74, 6) is -0.744. The molecule has 0 unspecified atom stereocenters. The van der Waals surface area contributed by atoms with Crippen molar-refractivity contribution in [3.05, 3.63) is 86.7 Å². The molecule has 136 valence electrons. The maximum atomic E-state index is 12.6. The first-order valence-corrected chi connectivity index (χ1v) is 8.26. The van der Waals surface area contributed by atoms with Gasteiger partial charge in [0, 0.05) is 23.4 Å². The summed E-state index contributed by atoms with van der Waals surface area (Å²) in [7, 11) is 0. The molecular formula is C20H16N2O5. The summed E-state index contributed by atoms with van der Waals surface area (Å²) in [4.78, 5) is 38.0. The molecule has 27 heavy (non-hydrogen) atoms. The van der Waals surface area contributed by atoms with Crippen LogP contribution in [0.2, 0.25) is 0 Å². The van der Waals surface area contributed by atoms with E-state index in [-0.39, 0.29) is 17.9 Å². The number of esters is 1. The van der Waals surface area contributed by atoms with Gasteiger partial charge in [0.05, 0.1) is 11.5 Å². The minimum absolute atomic E-state index is 0.0791. The Morgan fingerprint density at radius 3 is 2.33 bits per heavy atom. The summed E-state index contributed by atoms with van der Waals surface area (Å²) >= 11 is 0. The molecule has 0 saturated carbocycles. The van der Waals surface area contributed by atoms with Crippen LogP contribution in [0.5, 0.6) is 0 Å². The average molecular weight is 364 g/mol. The van der Waals surface area contributed by atoms with Gasteiger partial charge >= 0.3 is 5.97 Å². The lowest BCUT2D eigenvalue weighted by molar-refractivity contribution is -0.384. The number of aromatic amines is 1. The van der Waals surface area contributed by atoms with Gasteiger partial charge in [-0.25, -0.2) is 4.79 Å². The highest BCUT2D eigenvalue weighted by Crippen LogP contribution is 2.28. The van der Waals surface area contributed by atoms with E-state index in [4.69, 9.17) is 4.74 Å². The molecule has 0 aliphatic heterocycles. The van der Waals surface area contributed by atoms with Gasteiger partial charge in [0.15, 0.2) is 0 Å². The second-order valence-electron chi connectivity index (χ2n) is 5.69. The van der Waals surface area contributed by atoms with Gasteiger partial charge in [0.25, 0.3) is 11.2 Å². The van der Waals surface area contributed by atoms with Gasteiger partial charge < -0.3 is 9.72 Å². The van der Waals surface area contributed by atoms with Crippen LogP contribution in [0.4, 0.5) is 5.69 Å². The van der Waals surface area contributed by atoms with Crippen LogP contribution in [-0.4, -0.2) is 22.5 Å². The quantitative estimate of drug-likeness (QED) is 0.421. The van der Waals surface area contributed by atoms with Crippen LogP contribution in [0, 0.1) is 10.1 Å². The number of pyridine rings is 1. The maximum Gasteiger partial charge on any atom is 0.344 e. The zero-order valence-corrected chi connectivity index (χ0v) is 14.5. The average Bonchev–Trinajstić information content (AvgIpc) is 2.68. The topological polar surface area (TPSA) is 102 Å². The molecule has 3 rings (SSSR count). The molecule has 0 spiro atoms. The molecule has 0 aliphatic rings. The molecule has 0 radical (unpaired) electrons. The van der Waals surface area contributed by atoms with Crippen molar-refractivity contribution in [3.63, 3.8) is 0 Å². The van der Waals surface area contributed by atoms with Gasteiger partial charge in [-0.2, -0.15) is 0 Å². The molecule has 0 amide bonds. The SMILES string of the molecule is CCOC(=O)c1c(-c2ccc([N+](=O)[O-])cc2)cc(-c2ccccc2)[nH]c1=O. The summed E-state index contributed by atoms with van der Waals surface area (Å²) in [5, 5.41) is 10.9. The molecule has 0 atom stereocenters. The Kier molecular flexibility index (Phi) is 5.12. The predicted molar refractivity (Wildman–Crippen MR) is 101 cm³/mol. The van der Waals surface area contributed by atoms with E-state index in [0.717, 1.165) is 5.56 Å². The highest BCUT2D eigenvalue weighted by molar-refractivity contribution is 5.97. The Balaban J connectivity index is 2.21. The summed E-state index contributed by atoms with van der Waals surface area (Å²) < 4.78 is 5.01. The monoisotopic (exact) mass is 364 g/mol. The third-order valence-corrected chi connectivity index (χ3v) is 3.99. The van der Waals surface area contributed by atoms with Gasteiger partial charge in [-0.1, -0.05) is 30.3 Å². The van der Waals surface area contributed by atoms with E-state index in [2.05, 4.69) is 4.98 Å². The Labute approximate surface area is 154 Å². The van der Waals surface area contributed by atoms with Crippen LogP contribution in [-0.2, 0) is 4.74 Å². The van der Waals surface area contributed by atoms with Crippen molar-refractivity contribution >= 4 is 11.7 Å². The first-order chi connectivity index (χ1) is 13.0. The molecule has 0 aliphatic carbocycles. The first-order valence-electron chi connectivity index (χ1n) is 8.26. The van der Waals surface area contributed by atoms with Crippen molar-refractivity contribution in [1.29, 1.82) is 0 Å². The number of hydrogen-bond donors (Lipinski definition) is 1. The molecule has 1 N–H and O–H groups in total. The number of carbonyl (C=O) groups is 1. The zero-order valence-electron chi connectivity index (χ0n) is 14.5. The second-order valence-corrected chi connectivity index (χ2v) is 5.69. The fourth-order valence-electron chi connectivity index (χ4n) is 2.73. The normalized spacial score (nSPS) is 10.4. The Bertz CT molecular complexity index is 1040. The van der Waals surface area contributed by atoms with Crippen molar-refractivity contribution in [2.75, 3.05) is 6.61 Å². The van der Waals surface area contributed by atoms with Crippen LogP contribution in [0.1, 0.15) is 17.3 Å². The third-order valence-electron chi connectivity index (χ3n) is 3.99. The van der Waals surface area contributed by atoms with Crippen LogP contribution in [0.3, 0.4) is 0 Å². The van der Waals surface area contributed by atoms with Crippen LogP contribution >= 0.6 is 0 Å². The molecule has 0 saturated heterocycles. The molecule has 3 aromatic rings. The Morgan fingerprint density at radius 2 is 1.74 bits per heavy atom. The lowest BCUT2D eigenvalue weighted by Crippen LogP contribution is -2.21. The summed E-state index contributed by atoms with van der Waals surface area (Å²) in [6, 6.07) is 16.5. The number of nitrogens with zero attached hydrogens (tertiary/aromatic N) is 1. The second kappa shape index (κ2) is 7.65. The lowest BCUT2D eigenvalue weighted by atomic mass is 9.98.